The van der Waals surface area contributed by atoms with Gasteiger partial charge in [-0.05, 0) is 0 Å². The normalized spacial score (nSPS) is 22.4. The Bertz CT molecular complexity index is 222. The highest BCUT2D eigenvalue weighted by molar-refractivity contribution is 5.81. The number of rotatable bonds is 3. The van der Waals surface area contributed by atoms with E-state index in [1.807, 2.05) is 6.92 Å². The Kier molecular flexibility index (Phi) is 3.66. The maximum Gasteiger partial charge on any atom is 0.334 e. The average molecular weight is 199 g/mol. The zero-order valence-electron chi connectivity index (χ0n) is 8.95. The molecule has 4 nitrogen and oxygen atoms in total. The van der Waals surface area contributed by atoms with E-state index < -0.39 is 0 Å². The molecule has 1 rings (SSSR count). The molecule has 0 saturated carbocycles. The van der Waals surface area contributed by atoms with Gasteiger partial charge in [0, 0.05) is 26.1 Å². The summed E-state index contributed by atoms with van der Waals surface area (Å²) < 4.78 is 6.01. The molecule has 1 fully saturated rings. The number of carbonyl (C=O) groups excluding carboxylic acids is 1. The van der Waals surface area contributed by atoms with Crippen molar-refractivity contribution in [2.24, 2.45) is 0 Å². The van der Waals surface area contributed by atoms with E-state index in [9.17, 15) is 4.79 Å². The van der Waals surface area contributed by atoms with E-state index >= 15 is 0 Å². The van der Waals surface area contributed by atoms with Crippen molar-refractivity contribution < 1.29 is 14.0 Å². The number of nitrogens with one attached hydrogen (secondary N) is 1. The Morgan fingerprint density at radius 3 is 2.64 bits per heavy atom. The molecule has 1 aliphatic heterocycles. The summed E-state index contributed by atoms with van der Waals surface area (Å²) in [6.45, 7) is 9.27. The van der Waals surface area contributed by atoms with Crippen LogP contribution in [0.2, 0.25) is 0 Å². The Morgan fingerprint density at radius 2 is 2.14 bits per heavy atom. The fourth-order valence-corrected chi connectivity index (χ4v) is 1.61. The summed E-state index contributed by atoms with van der Waals surface area (Å²) in [6, 6.07) is 0. The van der Waals surface area contributed by atoms with E-state index in [0.717, 1.165) is 30.7 Å². The lowest BCUT2D eigenvalue weighted by atomic mass is 10.3. The molecule has 0 aliphatic carbocycles. The van der Waals surface area contributed by atoms with E-state index in [0.29, 0.717) is 0 Å². The van der Waals surface area contributed by atoms with Crippen molar-refractivity contribution in [2.75, 3.05) is 33.2 Å². The van der Waals surface area contributed by atoms with Crippen molar-refractivity contribution >= 4 is 5.97 Å². The van der Waals surface area contributed by atoms with Gasteiger partial charge in [-0.15, -0.1) is 0 Å². The van der Waals surface area contributed by atoms with Gasteiger partial charge < -0.3 is 10.1 Å². The minimum absolute atomic E-state index is 0.0948. The molecule has 1 aliphatic rings. The number of ether oxygens (including phenoxy) is 1. The highest BCUT2D eigenvalue weighted by Crippen LogP contribution is 2.13. The Labute approximate surface area is 85.1 Å². The molecule has 14 heavy (non-hydrogen) atoms. The largest absolute Gasteiger partial charge is 0.410 e. The van der Waals surface area contributed by atoms with E-state index in [2.05, 4.69) is 18.9 Å². The molecule has 0 aromatic carbocycles. The third-order valence-corrected chi connectivity index (χ3v) is 2.93. The zero-order valence-corrected chi connectivity index (χ0v) is 8.95. The Balaban J connectivity index is 2.52. The lowest BCUT2D eigenvalue weighted by Gasteiger charge is -2.41. The molecule has 1 unspecified atom stereocenters. The third-order valence-electron chi connectivity index (χ3n) is 2.93. The summed E-state index contributed by atoms with van der Waals surface area (Å²) in [4.78, 5) is 11.0. The molecule has 0 aromatic rings. The first kappa shape index (κ1) is 11.2. The average Bonchev–Trinajstić information content (AvgIpc) is 2.18. The summed E-state index contributed by atoms with van der Waals surface area (Å²) in [6.07, 6.45) is 1.12. The van der Waals surface area contributed by atoms with Gasteiger partial charge in [-0.1, -0.05) is 6.58 Å². The number of likely N-dealkylation sites (N-methyl/N-ethyl adjacent to an activating group) is 1. The fraction of sp³-hybridized carbons (Fsp3) is 0.700. The molecule has 4 heteroatoms. The maximum atomic E-state index is 11.0. The summed E-state index contributed by atoms with van der Waals surface area (Å²) >= 11 is 0. The smallest absolute Gasteiger partial charge is 0.334 e. The number of quaternary nitrogens is 1. The second kappa shape index (κ2) is 4.57. The number of nitrogens with zero attached hydrogens (tertiary/aromatic N) is 1. The molecule has 1 saturated heterocycles. The fourth-order valence-electron chi connectivity index (χ4n) is 1.61. The van der Waals surface area contributed by atoms with Crippen LogP contribution in [0.25, 0.3) is 0 Å². The van der Waals surface area contributed by atoms with Gasteiger partial charge in [0.1, 0.15) is 0 Å². The molecule has 0 amide bonds. The molecular formula is C10H19N2O2+. The molecule has 0 radical (unpaired) electrons. The molecule has 0 bridgehead atoms. The number of hydrogen-bond acceptors (Lipinski definition) is 3. The first-order valence-corrected chi connectivity index (χ1v) is 4.96. The van der Waals surface area contributed by atoms with Gasteiger partial charge in [0.15, 0.2) is 0 Å². The predicted molar refractivity (Wildman–Crippen MR) is 54.5 cm³/mol. The molecule has 0 aromatic heterocycles. The van der Waals surface area contributed by atoms with Crippen molar-refractivity contribution in [3.63, 3.8) is 0 Å². The van der Waals surface area contributed by atoms with Gasteiger partial charge in [0.2, 0.25) is 6.23 Å². The molecule has 1 atom stereocenters. The van der Waals surface area contributed by atoms with Gasteiger partial charge in [0.25, 0.3) is 0 Å². The van der Waals surface area contributed by atoms with Crippen molar-refractivity contribution in [2.45, 2.75) is 13.2 Å². The zero-order chi connectivity index (χ0) is 10.6. The first-order valence-electron chi connectivity index (χ1n) is 4.96. The van der Waals surface area contributed by atoms with E-state index in [-0.39, 0.29) is 12.2 Å². The molecule has 1 N–H and O–H groups in total. The van der Waals surface area contributed by atoms with Crippen LogP contribution in [-0.4, -0.2) is 49.9 Å². The van der Waals surface area contributed by atoms with Crippen molar-refractivity contribution in [3.8, 4) is 0 Å². The van der Waals surface area contributed by atoms with Crippen molar-refractivity contribution in [1.82, 2.24) is 5.32 Å². The molecule has 1 heterocycles. The Hall–Kier alpha value is -0.870. The van der Waals surface area contributed by atoms with Gasteiger partial charge >= 0.3 is 5.97 Å². The van der Waals surface area contributed by atoms with Crippen LogP contribution in [0.1, 0.15) is 6.92 Å². The Morgan fingerprint density at radius 1 is 1.57 bits per heavy atom. The lowest BCUT2D eigenvalue weighted by molar-refractivity contribution is -0.951. The summed E-state index contributed by atoms with van der Waals surface area (Å²) in [5, 5.41) is 3.29. The van der Waals surface area contributed by atoms with Gasteiger partial charge in [0.05, 0.1) is 20.1 Å². The number of esters is 1. The molecule has 0 spiro atoms. The standard InChI is InChI=1S/C10H19N2O2/c1-4-10(13)14-9(2)12(3)7-5-11-6-8-12/h4,9,11H,1,5-8H2,2-3H3/q+1. The third kappa shape index (κ3) is 2.56. The SMILES string of the molecule is C=CC(=O)OC(C)[N+]1(C)CCNCC1. The van der Waals surface area contributed by atoms with Gasteiger partial charge in [-0.25, -0.2) is 4.79 Å². The highest BCUT2D eigenvalue weighted by atomic mass is 16.6. The minimum Gasteiger partial charge on any atom is -0.410 e. The van der Waals surface area contributed by atoms with E-state index in [4.69, 9.17) is 4.74 Å². The second-order valence-corrected chi connectivity index (χ2v) is 3.92. The van der Waals surface area contributed by atoms with Crippen LogP contribution in [0.4, 0.5) is 0 Å². The summed E-state index contributed by atoms with van der Waals surface area (Å²) in [5.41, 5.74) is 0. The van der Waals surface area contributed by atoms with Crippen LogP contribution in [0.5, 0.6) is 0 Å². The summed E-state index contributed by atoms with van der Waals surface area (Å²) in [5.74, 6) is -0.338. The molecule has 80 valence electrons. The molecular weight excluding hydrogens is 180 g/mol. The van der Waals surface area contributed by atoms with Crippen LogP contribution >= 0.6 is 0 Å². The van der Waals surface area contributed by atoms with Crippen LogP contribution in [-0.2, 0) is 9.53 Å². The van der Waals surface area contributed by atoms with Crippen molar-refractivity contribution in [3.05, 3.63) is 12.7 Å². The van der Waals surface area contributed by atoms with E-state index in [1.165, 1.54) is 6.08 Å². The minimum atomic E-state index is -0.338. The number of hydrogen-bond donors (Lipinski definition) is 1. The van der Waals surface area contributed by atoms with Crippen LogP contribution in [0.15, 0.2) is 12.7 Å². The summed E-state index contributed by atoms with van der Waals surface area (Å²) in [7, 11) is 2.11. The number of piperazine rings is 1. The first-order chi connectivity index (χ1) is 6.58. The lowest BCUT2D eigenvalue weighted by Crippen LogP contribution is -2.61. The topological polar surface area (TPSA) is 38.3 Å². The maximum absolute atomic E-state index is 11.0. The van der Waals surface area contributed by atoms with Crippen LogP contribution in [0.3, 0.4) is 0 Å². The van der Waals surface area contributed by atoms with Crippen LogP contribution < -0.4 is 5.32 Å². The highest BCUT2D eigenvalue weighted by Gasteiger charge is 2.32. The van der Waals surface area contributed by atoms with E-state index in [1.54, 1.807) is 0 Å². The van der Waals surface area contributed by atoms with Gasteiger partial charge in [-0.2, -0.15) is 0 Å². The predicted octanol–water partition coefficient (Wildman–Crippen LogP) is 0.111. The van der Waals surface area contributed by atoms with Crippen LogP contribution in [0, 0.1) is 0 Å². The number of carbonyl (C=O) groups is 1. The monoisotopic (exact) mass is 199 g/mol. The second-order valence-electron chi connectivity index (χ2n) is 3.92. The van der Waals surface area contributed by atoms with Gasteiger partial charge in [-0.3, -0.25) is 4.48 Å². The van der Waals surface area contributed by atoms with Crippen molar-refractivity contribution in [1.29, 1.82) is 0 Å². The quantitative estimate of drug-likeness (QED) is 0.398.